The number of rotatable bonds is 4. The van der Waals surface area contributed by atoms with Gasteiger partial charge in [0.25, 0.3) is 0 Å². The number of Topliss-reactive ketones (excluding diaryl/α,β-unsaturated/α-hetero) is 1. The normalized spacial score (nSPS) is 10.7. The number of aromatic hydroxyl groups is 1. The average molecular weight is 323 g/mol. The van der Waals surface area contributed by atoms with E-state index in [1.807, 2.05) is 19.9 Å². The van der Waals surface area contributed by atoms with Crippen molar-refractivity contribution in [1.29, 1.82) is 0 Å². The van der Waals surface area contributed by atoms with Gasteiger partial charge >= 0.3 is 0 Å². The van der Waals surface area contributed by atoms with Crippen molar-refractivity contribution in [2.24, 2.45) is 0 Å². The Morgan fingerprint density at radius 2 is 1.86 bits per heavy atom. The molecule has 0 bridgehead atoms. The lowest BCUT2D eigenvalue weighted by atomic mass is 10.1. The molecule has 6 heteroatoms. The standard InChI is InChI=1S/C15H15ClN2O2S/c1-8-4-9(2)18-15(17-8)21-7-11-5-12(16)6-13(10(3)19)14(11)20/h4-6,20H,7H2,1-3H3. The zero-order valence-corrected chi connectivity index (χ0v) is 13.5. The number of phenolic OH excluding ortho intramolecular Hbond substituents is 1. The Morgan fingerprint density at radius 1 is 1.24 bits per heavy atom. The molecule has 0 aliphatic rings. The molecule has 2 rings (SSSR count). The number of carbonyl (C=O) groups is 1. The number of benzene rings is 1. The topological polar surface area (TPSA) is 63.1 Å². The summed E-state index contributed by atoms with van der Waals surface area (Å²) in [4.78, 5) is 20.1. The maximum atomic E-state index is 11.5. The molecule has 0 fully saturated rings. The molecule has 1 aromatic heterocycles. The van der Waals surface area contributed by atoms with Crippen molar-refractivity contribution in [1.82, 2.24) is 9.97 Å². The van der Waals surface area contributed by atoms with Gasteiger partial charge in [0, 0.05) is 27.7 Å². The number of aromatic nitrogens is 2. The zero-order valence-electron chi connectivity index (χ0n) is 12.0. The summed E-state index contributed by atoms with van der Waals surface area (Å²) in [6.45, 7) is 5.21. The third-order valence-corrected chi connectivity index (χ3v) is 3.97. The largest absolute Gasteiger partial charge is 0.507 e. The first-order valence-electron chi connectivity index (χ1n) is 6.34. The van der Waals surface area contributed by atoms with Crippen molar-refractivity contribution in [2.45, 2.75) is 31.7 Å². The lowest BCUT2D eigenvalue weighted by molar-refractivity contribution is 0.101. The minimum absolute atomic E-state index is 0.0243. The van der Waals surface area contributed by atoms with Crippen molar-refractivity contribution in [3.05, 3.63) is 45.7 Å². The van der Waals surface area contributed by atoms with E-state index in [1.165, 1.54) is 24.8 Å². The van der Waals surface area contributed by atoms with E-state index in [9.17, 15) is 9.90 Å². The zero-order chi connectivity index (χ0) is 15.6. The van der Waals surface area contributed by atoms with Crippen LogP contribution >= 0.6 is 23.4 Å². The highest BCUT2D eigenvalue weighted by atomic mass is 35.5. The summed E-state index contributed by atoms with van der Waals surface area (Å²) < 4.78 is 0. The minimum atomic E-state index is -0.219. The van der Waals surface area contributed by atoms with Crippen LogP contribution in [0.25, 0.3) is 0 Å². The molecule has 2 aromatic rings. The van der Waals surface area contributed by atoms with Crippen LogP contribution in [-0.2, 0) is 5.75 Å². The third-order valence-electron chi connectivity index (χ3n) is 2.85. The SMILES string of the molecule is CC(=O)c1cc(Cl)cc(CSc2nc(C)cc(C)n2)c1O. The highest BCUT2D eigenvalue weighted by Crippen LogP contribution is 2.32. The van der Waals surface area contributed by atoms with E-state index in [2.05, 4.69) is 9.97 Å². The summed E-state index contributed by atoms with van der Waals surface area (Å²) in [6.07, 6.45) is 0. The Morgan fingerprint density at radius 3 is 2.43 bits per heavy atom. The summed E-state index contributed by atoms with van der Waals surface area (Å²) in [6, 6.07) is 5.02. The number of carbonyl (C=O) groups excluding carboxylic acids is 1. The lowest BCUT2D eigenvalue weighted by Crippen LogP contribution is -1.97. The van der Waals surface area contributed by atoms with Crippen molar-refractivity contribution in [3.8, 4) is 5.75 Å². The molecule has 0 aliphatic heterocycles. The first-order chi connectivity index (χ1) is 9.86. The van der Waals surface area contributed by atoms with Gasteiger partial charge in [0.1, 0.15) is 5.75 Å². The van der Waals surface area contributed by atoms with E-state index >= 15 is 0 Å². The van der Waals surface area contributed by atoms with Gasteiger partial charge in [-0.25, -0.2) is 9.97 Å². The van der Waals surface area contributed by atoms with Crippen LogP contribution in [0.2, 0.25) is 5.02 Å². The third kappa shape index (κ3) is 3.95. The van der Waals surface area contributed by atoms with Gasteiger partial charge in [0.15, 0.2) is 10.9 Å². The number of hydrogen-bond donors (Lipinski definition) is 1. The van der Waals surface area contributed by atoms with E-state index in [-0.39, 0.29) is 17.1 Å². The lowest BCUT2D eigenvalue weighted by Gasteiger charge is -2.09. The molecular formula is C15H15ClN2O2S. The summed E-state index contributed by atoms with van der Waals surface area (Å²) in [5.41, 5.74) is 2.62. The van der Waals surface area contributed by atoms with Gasteiger partial charge in [0.2, 0.25) is 0 Å². The predicted octanol–water partition coefficient (Wildman–Crippen LogP) is 3.95. The summed E-state index contributed by atoms with van der Waals surface area (Å²) in [5, 5.41) is 11.2. The highest BCUT2D eigenvalue weighted by Gasteiger charge is 2.14. The minimum Gasteiger partial charge on any atom is -0.507 e. The molecule has 1 aromatic carbocycles. The van der Waals surface area contributed by atoms with Gasteiger partial charge in [-0.3, -0.25) is 4.79 Å². The summed E-state index contributed by atoms with van der Waals surface area (Å²) in [7, 11) is 0. The fourth-order valence-electron chi connectivity index (χ4n) is 1.93. The van der Waals surface area contributed by atoms with Crippen molar-refractivity contribution in [2.75, 3.05) is 0 Å². The van der Waals surface area contributed by atoms with Crippen LogP contribution < -0.4 is 0 Å². The van der Waals surface area contributed by atoms with E-state index < -0.39 is 0 Å². The van der Waals surface area contributed by atoms with E-state index in [1.54, 1.807) is 6.07 Å². The van der Waals surface area contributed by atoms with Crippen LogP contribution in [0.15, 0.2) is 23.4 Å². The van der Waals surface area contributed by atoms with Crippen LogP contribution in [0.5, 0.6) is 5.75 Å². The number of halogens is 1. The maximum absolute atomic E-state index is 11.5. The van der Waals surface area contributed by atoms with Crippen molar-refractivity contribution in [3.63, 3.8) is 0 Å². The van der Waals surface area contributed by atoms with Crippen LogP contribution in [0, 0.1) is 13.8 Å². The van der Waals surface area contributed by atoms with Gasteiger partial charge in [-0.1, -0.05) is 23.4 Å². The van der Waals surface area contributed by atoms with Gasteiger partial charge < -0.3 is 5.11 Å². The van der Waals surface area contributed by atoms with Gasteiger partial charge in [0.05, 0.1) is 5.56 Å². The molecule has 0 aliphatic carbocycles. The number of phenols is 1. The molecule has 0 spiro atoms. The highest BCUT2D eigenvalue weighted by molar-refractivity contribution is 7.98. The Balaban J connectivity index is 2.25. The fraction of sp³-hybridized carbons (Fsp3) is 0.267. The molecule has 0 saturated heterocycles. The van der Waals surface area contributed by atoms with Crippen LogP contribution in [0.4, 0.5) is 0 Å². The van der Waals surface area contributed by atoms with Crippen LogP contribution in [0.3, 0.4) is 0 Å². The van der Waals surface area contributed by atoms with Gasteiger partial charge in [-0.15, -0.1) is 0 Å². The second-order valence-electron chi connectivity index (χ2n) is 4.74. The molecular weight excluding hydrogens is 308 g/mol. The van der Waals surface area contributed by atoms with E-state index in [0.29, 0.717) is 21.5 Å². The first kappa shape index (κ1) is 15.8. The monoisotopic (exact) mass is 322 g/mol. The molecule has 21 heavy (non-hydrogen) atoms. The molecule has 1 N–H and O–H groups in total. The predicted molar refractivity (Wildman–Crippen MR) is 84.2 cm³/mol. The molecule has 0 saturated carbocycles. The fourth-order valence-corrected chi connectivity index (χ4v) is 3.10. The van der Waals surface area contributed by atoms with Gasteiger partial charge in [-0.05, 0) is 39.0 Å². The number of hydrogen-bond acceptors (Lipinski definition) is 5. The molecule has 0 unspecified atom stereocenters. The van der Waals surface area contributed by atoms with Gasteiger partial charge in [-0.2, -0.15) is 0 Å². The second kappa shape index (κ2) is 6.45. The molecule has 1 heterocycles. The first-order valence-corrected chi connectivity index (χ1v) is 7.70. The quantitative estimate of drug-likeness (QED) is 0.524. The Bertz CT molecular complexity index is 684. The molecule has 110 valence electrons. The Hall–Kier alpha value is -1.59. The number of nitrogens with zero attached hydrogens (tertiary/aromatic N) is 2. The van der Waals surface area contributed by atoms with E-state index in [4.69, 9.17) is 11.6 Å². The molecule has 0 atom stereocenters. The second-order valence-corrected chi connectivity index (χ2v) is 6.12. The van der Waals surface area contributed by atoms with Crippen molar-refractivity contribution < 1.29 is 9.90 Å². The van der Waals surface area contributed by atoms with E-state index in [0.717, 1.165) is 11.4 Å². The Kier molecular flexibility index (Phi) is 4.85. The smallest absolute Gasteiger partial charge is 0.188 e. The molecule has 0 amide bonds. The number of aryl methyl sites for hydroxylation is 2. The number of ketones is 1. The summed E-state index contributed by atoms with van der Waals surface area (Å²) in [5.74, 6) is 0.197. The molecule has 0 radical (unpaired) electrons. The Labute approximate surface area is 132 Å². The van der Waals surface area contributed by atoms with Crippen molar-refractivity contribution >= 4 is 29.1 Å². The van der Waals surface area contributed by atoms with Crippen LogP contribution in [0.1, 0.15) is 34.2 Å². The molecule has 4 nitrogen and oxygen atoms in total. The average Bonchev–Trinajstić information content (AvgIpc) is 2.38. The number of thioether (sulfide) groups is 1. The maximum Gasteiger partial charge on any atom is 0.188 e. The van der Waals surface area contributed by atoms with Crippen LogP contribution in [-0.4, -0.2) is 20.9 Å². The summed E-state index contributed by atoms with van der Waals surface area (Å²) >= 11 is 7.39.